The van der Waals surface area contributed by atoms with Crippen molar-refractivity contribution in [3.8, 4) is 17.2 Å². The highest BCUT2D eigenvalue weighted by atomic mass is 35.5. The third-order valence-corrected chi connectivity index (χ3v) is 2.19. The first-order chi connectivity index (χ1) is 7.81. The first-order valence-electron chi connectivity index (χ1n) is 4.58. The monoisotopic (exact) mass is 287 g/mol. The number of benzene rings is 1. The number of alkyl halides is 3. The summed E-state index contributed by atoms with van der Waals surface area (Å²) < 4.78 is 47.2. The van der Waals surface area contributed by atoms with Crippen molar-refractivity contribution < 1.29 is 27.8 Å². The maximum atomic E-state index is 12.6. The number of hydrogen-bond donors (Lipinski definition) is 2. The van der Waals surface area contributed by atoms with Gasteiger partial charge in [0.05, 0.1) is 19.8 Å². The summed E-state index contributed by atoms with van der Waals surface area (Å²) in [5.41, 5.74) is 4.76. The van der Waals surface area contributed by atoms with E-state index in [-0.39, 0.29) is 35.2 Å². The number of ether oxygens (including phenoxy) is 2. The van der Waals surface area contributed by atoms with E-state index in [0.29, 0.717) is 0 Å². The Hall–Kier alpha value is -1.34. The smallest absolute Gasteiger partial charge is 0.407 e. The van der Waals surface area contributed by atoms with Crippen LogP contribution in [0.15, 0.2) is 12.1 Å². The zero-order chi connectivity index (χ0) is 13.2. The van der Waals surface area contributed by atoms with Gasteiger partial charge in [-0.1, -0.05) is 0 Å². The number of methoxy groups -OCH3 is 2. The highest BCUT2D eigenvalue weighted by Gasteiger charge is 2.41. The van der Waals surface area contributed by atoms with Crippen LogP contribution in [0.5, 0.6) is 17.2 Å². The van der Waals surface area contributed by atoms with E-state index in [0.717, 1.165) is 12.1 Å². The first-order valence-corrected chi connectivity index (χ1v) is 4.58. The molecule has 0 aromatic heterocycles. The summed E-state index contributed by atoms with van der Waals surface area (Å²) in [6.45, 7) is 0. The van der Waals surface area contributed by atoms with E-state index in [9.17, 15) is 18.3 Å². The summed E-state index contributed by atoms with van der Waals surface area (Å²) in [7, 11) is 2.36. The molecule has 1 rings (SSSR count). The van der Waals surface area contributed by atoms with Crippen molar-refractivity contribution >= 4 is 12.4 Å². The predicted molar refractivity (Wildman–Crippen MR) is 61.4 cm³/mol. The fourth-order valence-electron chi connectivity index (χ4n) is 1.40. The number of halogens is 4. The molecule has 0 heterocycles. The average Bonchev–Trinajstić information content (AvgIpc) is 2.25. The molecule has 0 saturated carbocycles. The Morgan fingerprint density at radius 1 is 1.17 bits per heavy atom. The number of phenols is 1. The van der Waals surface area contributed by atoms with Crippen molar-refractivity contribution in [2.45, 2.75) is 12.2 Å². The molecule has 0 saturated heterocycles. The molecule has 1 atom stereocenters. The third-order valence-electron chi connectivity index (χ3n) is 2.19. The van der Waals surface area contributed by atoms with Crippen LogP contribution in [0.1, 0.15) is 11.6 Å². The summed E-state index contributed by atoms with van der Waals surface area (Å²) in [5, 5.41) is 9.28. The van der Waals surface area contributed by atoms with Gasteiger partial charge in [-0.15, -0.1) is 12.4 Å². The molecular formula is C10H13ClF3NO3. The van der Waals surface area contributed by atoms with Crippen LogP contribution >= 0.6 is 12.4 Å². The Morgan fingerprint density at radius 3 is 1.83 bits per heavy atom. The molecule has 18 heavy (non-hydrogen) atoms. The molecule has 0 aliphatic heterocycles. The van der Waals surface area contributed by atoms with Crippen molar-refractivity contribution in [3.05, 3.63) is 17.7 Å². The molecule has 0 fully saturated rings. The maximum Gasteiger partial charge on any atom is 0.407 e. The number of hydrogen-bond acceptors (Lipinski definition) is 4. The molecule has 0 bridgehead atoms. The number of phenolic OH excluding ortho intramolecular Hbond substituents is 1. The van der Waals surface area contributed by atoms with Gasteiger partial charge in [0, 0.05) is 12.1 Å². The molecule has 0 spiro atoms. The lowest BCUT2D eigenvalue weighted by molar-refractivity contribution is -0.149. The Kier molecular flexibility index (Phi) is 5.56. The molecule has 104 valence electrons. The van der Waals surface area contributed by atoms with Crippen molar-refractivity contribution in [2.24, 2.45) is 5.73 Å². The van der Waals surface area contributed by atoms with E-state index in [1.54, 1.807) is 0 Å². The largest absolute Gasteiger partial charge is 0.508 e. The van der Waals surface area contributed by atoms with Gasteiger partial charge < -0.3 is 20.3 Å². The lowest BCUT2D eigenvalue weighted by Gasteiger charge is -2.21. The van der Waals surface area contributed by atoms with Crippen LogP contribution in [0.4, 0.5) is 13.2 Å². The number of aromatic hydroxyl groups is 1. The number of nitrogens with two attached hydrogens (primary N) is 1. The molecule has 0 radical (unpaired) electrons. The van der Waals surface area contributed by atoms with E-state index < -0.39 is 12.2 Å². The molecular weight excluding hydrogens is 275 g/mol. The number of rotatable bonds is 3. The van der Waals surface area contributed by atoms with Gasteiger partial charge in [0.1, 0.15) is 23.3 Å². The van der Waals surface area contributed by atoms with E-state index in [2.05, 4.69) is 0 Å². The Balaban J connectivity index is 0.00000289. The van der Waals surface area contributed by atoms with Gasteiger partial charge in [-0.05, 0) is 0 Å². The van der Waals surface area contributed by atoms with Gasteiger partial charge in [-0.3, -0.25) is 0 Å². The summed E-state index contributed by atoms with van der Waals surface area (Å²) in [4.78, 5) is 0. The second-order valence-electron chi connectivity index (χ2n) is 3.28. The van der Waals surface area contributed by atoms with Crippen LogP contribution in [-0.4, -0.2) is 25.5 Å². The zero-order valence-electron chi connectivity index (χ0n) is 9.62. The van der Waals surface area contributed by atoms with Gasteiger partial charge in [-0.25, -0.2) is 0 Å². The summed E-state index contributed by atoms with van der Waals surface area (Å²) in [6, 6.07) is -0.152. The van der Waals surface area contributed by atoms with Crippen molar-refractivity contribution in [3.63, 3.8) is 0 Å². The Bertz CT molecular complexity index is 387. The Morgan fingerprint density at radius 2 is 1.56 bits per heavy atom. The van der Waals surface area contributed by atoms with Crippen molar-refractivity contribution in [1.29, 1.82) is 0 Å². The zero-order valence-corrected chi connectivity index (χ0v) is 10.4. The van der Waals surface area contributed by atoms with E-state index in [4.69, 9.17) is 15.2 Å². The van der Waals surface area contributed by atoms with Crippen LogP contribution in [-0.2, 0) is 0 Å². The minimum absolute atomic E-state index is 0. The second kappa shape index (κ2) is 6.01. The van der Waals surface area contributed by atoms with Gasteiger partial charge in [0.15, 0.2) is 0 Å². The van der Waals surface area contributed by atoms with E-state index in [1.807, 2.05) is 0 Å². The normalized spacial score (nSPS) is 12.6. The fraction of sp³-hybridized carbons (Fsp3) is 0.400. The molecule has 4 nitrogen and oxygen atoms in total. The maximum absolute atomic E-state index is 12.6. The standard InChI is InChI=1S/C10H12F3NO3.ClH/c1-16-6-3-5(15)4-7(17-2)8(6)9(14)10(11,12)13;/h3-4,9,15H,14H2,1-2H3;1H/t9-;/m1./s1. The molecule has 0 unspecified atom stereocenters. The highest BCUT2D eigenvalue weighted by Crippen LogP contribution is 2.42. The van der Waals surface area contributed by atoms with Crippen LogP contribution in [0, 0.1) is 0 Å². The van der Waals surface area contributed by atoms with Crippen LogP contribution < -0.4 is 15.2 Å². The second-order valence-corrected chi connectivity index (χ2v) is 3.28. The minimum atomic E-state index is -4.63. The quantitative estimate of drug-likeness (QED) is 0.896. The third kappa shape index (κ3) is 3.33. The average molecular weight is 288 g/mol. The molecule has 0 aliphatic rings. The fourth-order valence-corrected chi connectivity index (χ4v) is 1.40. The van der Waals surface area contributed by atoms with E-state index in [1.165, 1.54) is 14.2 Å². The molecule has 3 N–H and O–H groups in total. The Labute approximate surface area is 108 Å². The topological polar surface area (TPSA) is 64.7 Å². The van der Waals surface area contributed by atoms with Crippen LogP contribution in [0.2, 0.25) is 0 Å². The van der Waals surface area contributed by atoms with Gasteiger partial charge in [0.2, 0.25) is 0 Å². The molecule has 0 amide bonds. The summed E-state index contributed by atoms with van der Waals surface area (Å²) in [5.74, 6) is -0.616. The molecule has 1 aromatic rings. The van der Waals surface area contributed by atoms with Crippen molar-refractivity contribution in [2.75, 3.05) is 14.2 Å². The predicted octanol–water partition coefficient (Wildman–Crippen LogP) is 2.39. The van der Waals surface area contributed by atoms with Crippen LogP contribution in [0.3, 0.4) is 0 Å². The molecule has 0 aliphatic carbocycles. The van der Waals surface area contributed by atoms with Crippen molar-refractivity contribution in [1.82, 2.24) is 0 Å². The minimum Gasteiger partial charge on any atom is -0.508 e. The molecule has 1 aromatic carbocycles. The highest BCUT2D eigenvalue weighted by molar-refractivity contribution is 5.85. The van der Waals surface area contributed by atoms with Gasteiger partial charge in [-0.2, -0.15) is 13.2 Å². The molecule has 8 heteroatoms. The van der Waals surface area contributed by atoms with Crippen LogP contribution in [0.25, 0.3) is 0 Å². The van der Waals surface area contributed by atoms with E-state index >= 15 is 0 Å². The summed E-state index contributed by atoms with van der Waals surface area (Å²) >= 11 is 0. The lowest BCUT2D eigenvalue weighted by Crippen LogP contribution is -2.29. The SMILES string of the molecule is COc1cc(O)cc(OC)c1[C@@H](N)C(F)(F)F.Cl. The van der Waals surface area contributed by atoms with Gasteiger partial charge >= 0.3 is 6.18 Å². The van der Waals surface area contributed by atoms with Gasteiger partial charge in [0.25, 0.3) is 0 Å². The lowest BCUT2D eigenvalue weighted by atomic mass is 10.0. The summed E-state index contributed by atoms with van der Waals surface area (Å²) in [6.07, 6.45) is -4.63. The first kappa shape index (κ1) is 16.7.